The topological polar surface area (TPSA) is 8.17 Å². The maximum Gasteiger partial charge on any atom is 0.0714 e. The van der Waals surface area contributed by atoms with Gasteiger partial charge in [0.25, 0.3) is 0 Å². The van der Waals surface area contributed by atoms with E-state index >= 15 is 0 Å². The highest BCUT2D eigenvalue weighted by molar-refractivity contribution is 6.10. The summed E-state index contributed by atoms with van der Waals surface area (Å²) in [5.41, 5.74) is 18.9. The Balaban J connectivity index is 0.949. The molecule has 0 saturated carbocycles. The summed E-state index contributed by atoms with van der Waals surface area (Å²) in [6.07, 6.45) is 0. The largest absolute Gasteiger partial charge is 0.310 e. The Hall–Kier alpha value is -8.20. The summed E-state index contributed by atoms with van der Waals surface area (Å²) in [6.45, 7) is 0. The molecule has 0 bridgehead atoms. The second-order valence-electron chi connectivity index (χ2n) is 16.5. The minimum Gasteiger partial charge on any atom is -0.310 e. The summed E-state index contributed by atoms with van der Waals surface area (Å²) >= 11 is 0. The van der Waals surface area contributed by atoms with Gasteiger partial charge in [-0.3, -0.25) is 0 Å². The van der Waals surface area contributed by atoms with Gasteiger partial charge in [0.2, 0.25) is 0 Å². The van der Waals surface area contributed by atoms with E-state index in [9.17, 15) is 0 Å². The molecule has 11 aromatic rings. The summed E-state index contributed by atoms with van der Waals surface area (Å²) in [7, 11) is 0. The first-order valence-electron chi connectivity index (χ1n) is 21.8. The van der Waals surface area contributed by atoms with E-state index in [1.807, 2.05) is 0 Å². The minimum atomic E-state index is -0.482. The molecule has 0 amide bonds. The molecule has 0 radical (unpaired) electrons. The van der Waals surface area contributed by atoms with Crippen LogP contribution in [-0.2, 0) is 5.41 Å². The van der Waals surface area contributed by atoms with E-state index in [2.05, 4.69) is 264 Å². The molecular weight excluding hydrogens is 761 g/mol. The summed E-state index contributed by atoms with van der Waals surface area (Å²) in [5, 5.41) is 2.48. The Morgan fingerprint density at radius 3 is 1.51 bits per heavy atom. The third-order valence-corrected chi connectivity index (χ3v) is 13.1. The molecule has 0 fully saturated rings. The van der Waals surface area contributed by atoms with Crippen molar-refractivity contribution in [3.05, 3.63) is 277 Å². The molecule has 0 saturated heterocycles. The SMILES string of the molecule is c1ccc(-c2ccc(-n3c4ccccc4c4cc(-c5ccc(N(c6ccccc6)c6cccc(C7(c8ccccc8)c8ccccc8-c8ccccc87)c6)cc5)ccc43)cc2)cc1. The molecule has 2 heteroatoms. The van der Waals surface area contributed by atoms with E-state index in [0.717, 1.165) is 22.7 Å². The minimum absolute atomic E-state index is 0.482. The van der Waals surface area contributed by atoms with Crippen LogP contribution in [0.25, 0.3) is 60.9 Å². The lowest BCUT2D eigenvalue weighted by atomic mass is 9.67. The number of rotatable bonds is 8. The van der Waals surface area contributed by atoms with Crippen molar-refractivity contribution in [2.24, 2.45) is 0 Å². The Kier molecular flexibility index (Phi) is 8.76. The van der Waals surface area contributed by atoms with Crippen LogP contribution in [0, 0.1) is 0 Å². The quantitative estimate of drug-likeness (QED) is 0.149. The molecule has 1 aromatic heterocycles. The standard InChI is InChI=1S/C61H42N2/c1-4-17-43(18-5-1)44-31-38-51(39-32-44)63-59-30-15-12-27-55(59)56-41-46(35-40-60(56)63)45-33-36-50(37-34-45)62(49-22-8-3-9-23-49)52-24-16-21-48(42-52)61(47-19-6-2-7-20-47)57-28-13-10-25-53(57)54-26-11-14-29-58(54)61/h1-42H. The molecule has 0 aliphatic heterocycles. The van der Waals surface area contributed by atoms with Gasteiger partial charge in [0.15, 0.2) is 0 Å². The van der Waals surface area contributed by atoms with Crippen LogP contribution in [0.2, 0.25) is 0 Å². The van der Waals surface area contributed by atoms with Crippen LogP contribution in [0.1, 0.15) is 22.3 Å². The van der Waals surface area contributed by atoms with Gasteiger partial charge in [-0.25, -0.2) is 0 Å². The predicted octanol–water partition coefficient (Wildman–Crippen LogP) is 16.0. The number of hydrogen-bond donors (Lipinski definition) is 0. The molecule has 2 nitrogen and oxygen atoms in total. The normalized spacial score (nSPS) is 12.6. The third-order valence-electron chi connectivity index (χ3n) is 13.1. The fourth-order valence-electron chi connectivity index (χ4n) is 10.3. The molecule has 1 heterocycles. The van der Waals surface area contributed by atoms with Crippen molar-refractivity contribution in [3.8, 4) is 39.1 Å². The zero-order chi connectivity index (χ0) is 41.7. The number of fused-ring (bicyclic) bond motifs is 6. The second kappa shape index (κ2) is 15.1. The molecule has 12 rings (SSSR count). The van der Waals surface area contributed by atoms with Crippen molar-refractivity contribution in [1.82, 2.24) is 4.57 Å². The van der Waals surface area contributed by atoms with E-state index in [1.54, 1.807) is 0 Å². The summed E-state index contributed by atoms with van der Waals surface area (Å²) in [4.78, 5) is 2.39. The fraction of sp³-hybridized carbons (Fsp3) is 0.0164. The average molecular weight is 803 g/mol. The van der Waals surface area contributed by atoms with Crippen LogP contribution in [0.4, 0.5) is 17.1 Å². The van der Waals surface area contributed by atoms with Crippen LogP contribution < -0.4 is 4.90 Å². The van der Waals surface area contributed by atoms with Crippen LogP contribution in [0.15, 0.2) is 255 Å². The van der Waals surface area contributed by atoms with Crippen molar-refractivity contribution in [2.75, 3.05) is 4.90 Å². The molecule has 1 aliphatic rings. The highest BCUT2D eigenvalue weighted by Crippen LogP contribution is 2.56. The summed E-state index contributed by atoms with van der Waals surface area (Å²) in [5.74, 6) is 0. The molecule has 63 heavy (non-hydrogen) atoms. The van der Waals surface area contributed by atoms with Crippen molar-refractivity contribution in [1.29, 1.82) is 0 Å². The van der Waals surface area contributed by atoms with Gasteiger partial charge in [-0.05, 0) is 122 Å². The van der Waals surface area contributed by atoms with Crippen molar-refractivity contribution in [2.45, 2.75) is 5.41 Å². The molecular formula is C61H42N2. The van der Waals surface area contributed by atoms with Gasteiger partial charge in [-0.2, -0.15) is 0 Å². The molecule has 0 spiro atoms. The van der Waals surface area contributed by atoms with Crippen molar-refractivity contribution in [3.63, 3.8) is 0 Å². The highest BCUT2D eigenvalue weighted by atomic mass is 15.1. The molecule has 0 N–H and O–H groups in total. The van der Waals surface area contributed by atoms with E-state index < -0.39 is 5.41 Å². The Morgan fingerprint density at radius 2 is 0.794 bits per heavy atom. The first-order chi connectivity index (χ1) is 31.3. The van der Waals surface area contributed by atoms with Gasteiger partial charge >= 0.3 is 0 Å². The lowest BCUT2D eigenvalue weighted by molar-refractivity contribution is 0.768. The first kappa shape index (κ1) is 36.6. The van der Waals surface area contributed by atoms with E-state index in [4.69, 9.17) is 0 Å². The van der Waals surface area contributed by atoms with Crippen LogP contribution in [0.5, 0.6) is 0 Å². The third kappa shape index (κ3) is 5.95. The highest BCUT2D eigenvalue weighted by Gasteiger charge is 2.46. The Labute approximate surface area is 368 Å². The lowest BCUT2D eigenvalue weighted by Gasteiger charge is -2.35. The Morgan fingerprint density at radius 1 is 0.302 bits per heavy atom. The number of benzene rings is 10. The zero-order valence-electron chi connectivity index (χ0n) is 34.6. The summed E-state index contributed by atoms with van der Waals surface area (Å²) in [6, 6.07) is 93.1. The van der Waals surface area contributed by atoms with E-state index in [1.165, 1.54) is 77.4 Å². The monoisotopic (exact) mass is 802 g/mol. The van der Waals surface area contributed by atoms with Crippen LogP contribution in [-0.4, -0.2) is 4.57 Å². The van der Waals surface area contributed by atoms with Crippen LogP contribution in [0.3, 0.4) is 0 Å². The van der Waals surface area contributed by atoms with Crippen molar-refractivity contribution < 1.29 is 0 Å². The van der Waals surface area contributed by atoms with E-state index in [-0.39, 0.29) is 0 Å². The number of nitrogens with zero attached hydrogens (tertiary/aromatic N) is 2. The van der Waals surface area contributed by atoms with Gasteiger partial charge in [0.05, 0.1) is 16.4 Å². The van der Waals surface area contributed by atoms with Gasteiger partial charge < -0.3 is 9.47 Å². The molecule has 1 aliphatic carbocycles. The maximum absolute atomic E-state index is 2.41. The number of hydrogen-bond acceptors (Lipinski definition) is 1. The number of aromatic nitrogens is 1. The molecule has 0 unspecified atom stereocenters. The van der Waals surface area contributed by atoms with Gasteiger partial charge in [-0.15, -0.1) is 0 Å². The van der Waals surface area contributed by atoms with Gasteiger partial charge in [-0.1, -0.05) is 188 Å². The van der Waals surface area contributed by atoms with E-state index in [0.29, 0.717) is 0 Å². The maximum atomic E-state index is 2.41. The smallest absolute Gasteiger partial charge is 0.0714 e. The summed E-state index contributed by atoms with van der Waals surface area (Å²) < 4.78 is 2.39. The second-order valence-corrected chi connectivity index (χ2v) is 16.5. The first-order valence-corrected chi connectivity index (χ1v) is 21.8. The van der Waals surface area contributed by atoms with Crippen molar-refractivity contribution >= 4 is 38.9 Å². The number of anilines is 3. The zero-order valence-corrected chi connectivity index (χ0v) is 34.6. The molecule has 0 atom stereocenters. The number of para-hydroxylation sites is 2. The van der Waals surface area contributed by atoms with Gasteiger partial charge in [0, 0.05) is 33.5 Å². The lowest BCUT2D eigenvalue weighted by Crippen LogP contribution is -2.28. The Bertz CT molecular complexity index is 3380. The predicted molar refractivity (Wildman–Crippen MR) is 264 cm³/mol. The fourth-order valence-corrected chi connectivity index (χ4v) is 10.3. The average Bonchev–Trinajstić information content (AvgIpc) is 3.86. The molecule has 10 aromatic carbocycles. The van der Waals surface area contributed by atoms with Gasteiger partial charge in [0.1, 0.15) is 0 Å². The van der Waals surface area contributed by atoms with Crippen LogP contribution >= 0.6 is 0 Å². The molecule has 296 valence electrons.